The number of carboxylic acid groups (broad SMARTS) is 1. The zero-order valence-electron chi connectivity index (χ0n) is 24.1. The van der Waals surface area contributed by atoms with Crippen LogP contribution in [0.15, 0.2) is 48.8 Å². The second kappa shape index (κ2) is 9.41. The largest absolute Gasteiger partial charge is 0.485 e. The number of pyridine rings is 1. The third-order valence-corrected chi connectivity index (χ3v) is 8.87. The molecular formula is C32H37N5O3. The Labute approximate surface area is 235 Å². The van der Waals surface area contributed by atoms with Crippen LogP contribution < -0.4 is 4.74 Å². The highest BCUT2D eigenvalue weighted by molar-refractivity contribution is 5.81. The minimum Gasteiger partial charge on any atom is -0.485 e. The number of rotatable bonds is 5. The molecule has 1 aliphatic heterocycles. The van der Waals surface area contributed by atoms with Gasteiger partial charge in [0.1, 0.15) is 16.9 Å². The molecule has 0 spiro atoms. The zero-order chi connectivity index (χ0) is 28.4. The van der Waals surface area contributed by atoms with E-state index < -0.39 is 11.4 Å². The Bertz CT molecular complexity index is 1620. The monoisotopic (exact) mass is 539 g/mol. The van der Waals surface area contributed by atoms with E-state index in [-0.39, 0.29) is 17.6 Å². The van der Waals surface area contributed by atoms with Crippen LogP contribution in [-0.4, -0.2) is 48.1 Å². The van der Waals surface area contributed by atoms with E-state index in [1.807, 2.05) is 52.3 Å². The highest BCUT2D eigenvalue weighted by Crippen LogP contribution is 2.47. The first kappa shape index (κ1) is 26.4. The van der Waals surface area contributed by atoms with Crippen molar-refractivity contribution in [2.75, 3.05) is 6.54 Å². The number of aromatic nitrogens is 4. The molecule has 1 aliphatic carbocycles. The summed E-state index contributed by atoms with van der Waals surface area (Å²) < 4.78 is 8.13. The maximum atomic E-state index is 12.7. The van der Waals surface area contributed by atoms with Crippen molar-refractivity contribution in [3.63, 3.8) is 0 Å². The van der Waals surface area contributed by atoms with Gasteiger partial charge in [-0.3, -0.25) is 14.7 Å². The Hall–Kier alpha value is -3.78. The van der Waals surface area contributed by atoms with Crippen LogP contribution in [0, 0.1) is 12.3 Å². The maximum absolute atomic E-state index is 12.7. The Kier molecular flexibility index (Phi) is 6.22. The zero-order valence-corrected chi connectivity index (χ0v) is 24.1. The van der Waals surface area contributed by atoms with E-state index in [0.29, 0.717) is 0 Å². The van der Waals surface area contributed by atoms with Crippen LogP contribution >= 0.6 is 0 Å². The fourth-order valence-corrected chi connectivity index (χ4v) is 6.77. The number of hydrogen-bond acceptors (Lipinski definition) is 6. The van der Waals surface area contributed by atoms with Crippen LogP contribution in [0.25, 0.3) is 11.0 Å². The topological polar surface area (TPSA) is 93.4 Å². The predicted molar refractivity (Wildman–Crippen MR) is 153 cm³/mol. The van der Waals surface area contributed by atoms with Crippen molar-refractivity contribution in [3.05, 3.63) is 82.2 Å². The summed E-state index contributed by atoms with van der Waals surface area (Å²) in [6.45, 7) is 11.5. The van der Waals surface area contributed by atoms with Crippen LogP contribution in [0.2, 0.25) is 0 Å². The highest BCUT2D eigenvalue weighted by atomic mass is 16.5. The first-order valence-corrected chi connectivity index (χ1v) is 14.0. The molecule has 4 aromatic rings. The minimum atomic E-state index is -1.05. The number of carbonyl (C=O) groups is 1. The molecule has 0 unspecified atom stereocenters. The van der Waals surface area contributed by atoms with Gasteiger partial charge in [-0.05, 0) is 87.4 Å². The second-order valence-corrected chi connectivity index (χ2v) is 12.6. The average molecular weight is 540 g/mol. The molecule has 8 nitrogen and oxygen atoms in total. The number of fused-ring (bicyclic) bond motifs is 3. The van der Waals surface area contributed by atoms with Gasteiger partial charge >= 0.3 is 5.97 Å². The molecular weight excluding hydrogens is 502 g/mol. The molecule has 2 aliphatic rings. The van der Waals surface area contributed by atoms with Gasteiger partial charge in [0.05, 0.1) is 17.1 Å². The van der Waals surface area contributed by atoms with E-state index in [9.17, 15) is 9.90 Å². The quantitative estimate of drug-likeness (QED) is 0.354. The summed E-state index contributed by atoms with van der Waals surface area (Å²) in [5.41, 5.74) is 7.05. The van der Waals surface area contributed by atoms with Crippen molar-refractivity contribution in [1.29, 1.82) is 0 Å². The van der Waals surface area contributed by atoms with Crippen LogP contribution in [0.1, 0.15) is 79.5 Å². The molecule has 208 valence electrons. The molecule has 1 N–H and O–H groups in total. The summed E-state index contributed by atoms with van der Waals surface area (Å²) in [5, 5.41) is 19.0. The first-order chi connectivity index (χ1) is 19.0. The van der Waals surface area contributed by atoms with Crippen LogP contribution in [0.4, 0.5) is 0 Å². The lowest BCUT2D eigenvalue weighted by Gasteiger charge is -2.35. The van der Waals surface area contributed by atoms with Gasteiger partial charge in [0, 0.05) is 43.9 Å². The summed E-state index contributed by atoms with van der Waals surface area (Å²) in [5.74, 6) is -0.344. The molecule has 0 bridgehead atoms. The molecule has 2 aromatic heterocycles. The molecule has 0 saturated heterocycles. The summed E-state index contributed by atoms with van der Waals surface area (Å²) in [6, 6.07) is 12.9. The molecule has 2 aromatic carbocycles. The van der Waals surface area contributed by atoms with Crippen molar-refractivity contribution >= 4 is 17.0 Å². The van der Waals surface area contributed by atoms with Crippen LogP contribution in [0.3, 0.4) is 0 Å². The van der Waals surface area contributed by atoms with Gasteiger partial charge in [-0.1, -0.05) is 29.5 Å². The molecule has 0 amide bonds. The molecule has 40 heavy (non-hydrogen) atoms. The average Bonchev–Trinajstić information content (AvgIpc) is 3.45. The van der Waals surface area contributed by atoms with Crippen molar-refractivity contribution in [1.82, 2.24) is 24.9 Å². The van der Waals surface area contributed by atoms with Gasteiger partial charge < -0.3 is 9.84 Å². The number of hydrogen-bond donors (Lipinski definition) is 1. The third-order valence-electron chi connectivity index (χ3n) is 8.87. The fraction of sp³-hybridized carbons (Fsp3) is 0.438. The number of benzene rings is 2. The summed E-state index contributed by atoms with van der Waals surface area (Å²) in [7, 11) is 1.87. The van der Waals surface area contributed by atoms with Crippen molar-refractivity contribution < 1.29 is 14.6 Å². The Morgan fingerprint density at radius 2 is 1.98 bits per heavy atom. The molecule has 2 atom stereocenters. The number of aryl methyl sites for hydroxylation is 3. The first-order valence-electron chi connectivity index (χ1n) is 14.0. The van der Waals surface area contributed by atoms with Gasteiger partial charge in [-0.25, -0.2) is 4.68 Å². The Balaban J connectivity index is 1.45. The van der Waals surface area contributed by atoms with Gasteiger partial charge in [-0.2, -0.15) is 0 Å². The lowest BCUT2D eigenvalue weighted by atomic mass is 9.69. The molecule has 0 radical (unpaired) electrons. The lowest BCUT2D eigenvalue weighted by molar-refractivity contribution is -0.147. The summed E-state index contributed by atoms with van der Waals surface area (Å²) in [4.78, 5) is 19.5. The number of nitrogens with zero attached hydrogens (tertiary/aromatic N) is 5. The van der Waals surface area contributed by atoms with E-state index in [2.05, 4.69) is 58.3 Å². The number of aliphatic carboxylic acids is 1. The Morgan fingerprint density at radius 1 is 1.18 bits per heavy atom. The van der Waals surface area contributed by atoms with E-state index in [4.69, 9.17) is 4.74 Å². The molecule has 6 rings (SSSR count). The molecule has 8 heteroatoms. The molecule has 3 heterocycles. The van der Waals surface area contributed by atoms with Gasteiger partial charge in [0.2, 0.25) is 0 Å². The van der Waals surface area contributed by atoms with E-state index >= 15 is 0 Å². The fourth-order valence-electron chi connectivity index (χ4n) is 6.77. The van der Waals surface area contributed by atoms with Crippen molar-refractivity contribution in [3.8, 4) is 5.75 Å². The maximum Gasteiger partial charge on any atom is 0.310 e. The van der Waals surface area contributed by atoms with E-state index in [1.165, 1.54) is 11.1 Å². The normalized spacial score (nSPS) is 19.5. The highest BCUT2D eigenvalue weighted by Gasteiger charge is 2.42. The van der Waals surface area contributed by atoms with E-state index in [0.717, 1.165) is 65.0 Å². The van der Waals surface area contributed by atoms with Gasteiger partial charge in [-0.15, -0.1) is 5.10 Å². The Morgan fingerprint density at radius 3 is 2.75 bits per heavy atom. The molecule has 0 saturated carbocycles. The minimum absolute atomic E-state index is 0.217. The number of carboxylic acids is 1. The standard InChI is InChI=1S/C32H37N5O3/c1-19-23(10-12-26-29(19)34-35-36(26)6)28(32(4,5)30(38)39)21-8-7-20-9-11-25(24(20)15-21)37-17-22-13-14-33-16-27(22)40-31(2,3)18-37/h7-8,10,12-16,25,28H,9,11,17-18H2,1-6H3,(H,38,39)/t25-,28+/m1/s1. The predicted octanol–water partition coefficient (Wildman–Crippen LogP) is 5.57. The smallest absolute Gasteiger partial charge is 0.310 e. The van der Waals surface area contributed by atoms with Crippen LogP contribution in [0.5, 0.6) is 5.75 Å². The third kappa shape index (κ3) is 4.35. The van der Waals surface area contributed by atoms with Gasteiger partial charge in [0.25, 0.3) is 0 Å². The van der Waals surface area contributed by atoms with Crippen molar-refractivity contribution in [2.24, 2.45) is 12.5 Å². The van der Waals surface area contributed by atoms with Gasteiger partial charge in [0.15, 0.2) is 0 Å². The lowest BCUT2D eigenvalue weighted by Crippen LogP contribution is -2.41. The SMILES string of the molecule is Cc1c([C@H](c2ccc3c(c2)[C@H](N2Cc4ccncc4OC(C)(C)C2)CC3)C(C)(C)C(=O)O)ccc2c1nnn2C. The summed E-state index contributed by atoms with van der Waals surface area (Å²) >= 11 is 0. The number of ether oxygens (including phenoxy) is 1. The van der Waals surface area contributed by atoms with Crippen LogP contribution in [-0.2, 0) is 24.8 Å². The van der Waals surface area contributed by atoms with Crippen molar-refractivity contribution in [2.45, 2.75) is 71.6 Å². The molecule has 0 fully saturated rings. The van der Waals surface area contributed by atoms with E-state index in [1.54, 1.807) is 4.68 Å². The second-order valence-electron chi connectivity index (χ2n) is 12.6. The summed E-state index contributed by atoms with van der Waals surface area (Å²) in [6.07, 6.45) is 5.66.